The monoisotopic (exact) mass is 302 g/mol. The van der Waals surface area contributed by atoms with Gasteiger partial charge < -0.3 is 10.1 Å². The minimum atomic E-state index is 0.198. The molecular weight excluding hydrogens is 283 g/mol. The Hall–Kier alpha value is -0.670. The predicted octanol–water partition coefficient (Wildman–Crippen LogP) is 4.78. The molecule has 0 aromatic carbocycles. The standard InChI is InChI=1S/C14H20Cl2N2O/c1-14(2)6-4-9(5-7-14)19-13-11(16)8-10(15)12(17-3)18-13/h8-9H,4-7H2,1-3H3,(H,17,18). The van der Waals surface area contributed by atoms with Gasteiger partial charge in [0.05, 0.1) is 5.02 Å². The van der Waals surface area contributed by atoms with Crippen molar-refractivity contribution >= 4 is 29.0 Å². The second-order valence-electron chi connectivity index (χ2n) is 5.84. The molecule has 1 aromatic rings. The molecule has 3 nitrogen and oxygen atoms in total. The molecule has 2 rings (SSSR count). The minimum absolute atomic E-state index is 0.198. The number of rotatable bonds is 3. The van der Waals surface area contributed by atoms with E-state index in [9.17, 15) is 0 Å². The van der Waals surface area contributed by atoms with Gasteiger partial charge >= 0.3 is 0 Å². The van der Waals surface area contributed by atoms with Gasteiger partial charge in [-0.3, -0.25) is 0 Å². The van der Waals surface area contributed by atoms with Gasteiger partial charge in [-0.2, -0.15) is 4.98 Å². The number of pyridine rings is 1. The summed E-state index contributed by atoms with van der Waals surface area (Å²) in [5.41, 5.74) is 0.424. The van der Waals surface area contributed by atoms with Crippen LogP contribution in [0, 0.1) is 5.41 Å². The van der Waals surface area contributed by atoms with Crippen molar-refractivity contribution in [3.05, 3.63) is 16.1 Å². The molecule has 0 unspecified atom stereocenters. The lowest BCUT2D eigenvalue weighted by Gasteiger charge is -2.34. The van der Waals surface area contributed by atoms with Gasteiger partial charge in [0.2, 0.25) is 5.88 Å². The highest BCUT2D eigenvalue weighted by Crippen LogP contribution is 2.38. The summed E-state index contributed by atoms with van der Waals surface area (Å²) in [6, 6.07) is 1.67. The van der Waals surface area contributed by atoms with Crippen LogP contribution in [-0.4, -0.2) is 18.1 Å². The summed E-state index contributed by atoms with van der Waals surface area (Å²) in [5, 5.41) is 3.90. The summed E-state index contributed by atoms with van der Waals surface area (Å²) in [6.07, 6.45) is 4.62. The summed E-state index contributed by atoms with van der Waals surface area (Å²) in [4.78, 5) is 4.32. The smallest absolute Gasteiger partial charge is 0.234 e. The van der Waals surface area contributed by atoms with E-state index in [1.54, 1.807) is 13.1 Å². The lowest BCUT2D eigenvalue weighted by Crippen LogP contribution is -2.28. The Labute approximate surface area is 124 Å². The SMILES string of the molecule is CNc1nc(OC2CCC(C)(C)CC2)c(Cl)cc1Cl. The number of anilines is 1. The summed E-state index contributed by atoms with van der Waals surface area (Å²) in [6.45, 7) is 4.60. The van der Waals surface area contributed by atoms with E-state index in [-0.39, 0.29) is 6.10 Å². The molecule has 0 saturated heterocycles. The molecule has 5 heteroatoms. The third kappa shape index (κ3) is 3.67. The third-order valence-corrected chi connectivity index (χ3v) is 4.26. The maximum atomic E-state index is 6.13. The molecular formula is C14H20Cl2N2O. The van der Waals surface area contributed by atoms with Gasteiger partial charge in [-0.25, -0.2) is 0 Å². The third-order valence-electron chi connectivity index (χ3n) is 3.70. The van der Waals surface area contributed by atoms with Gasteiger partial charge in [-0.05, 0) is 37.2 Å². The van der Waals surface area contributed by atoms with Crippen LogP contribution in [-0.2, 0) is 0 Å². The lowest BCUT2D eigenvalue weighted by atomic mass is 9.76. The average molecular weight is 303 g/mol. The quantitative estimate of drug-likeness (QED) is 0.872. The van der Waals surface area contributed by atoms with Gasteiger partial charge in [-0.15, -0.1) is 0 Å². The van der Waals surface area contributed by atoms with Gasteiger partial charge in [0.25, 0.3) is 0 Å². The number of nitrogens with one attached hydrogen (secondary N) is 1. The van der Waals surface area contributed by atoms with Gasteiger partial charge in [-0.1, -0.05) is 37.0 Å². The average Bonchev–Trinajstić information content (AvgIpc) is 2.35. The maximum Gasteiger partial charge on any atom is 0.234 e. The van der Waals surface area contributed by atoms with Crippen LogP contribution in [0.5, 0.6) is 5.88 Å². The fourth-order valence-corrected chi connectivity index (χ4v) is 2.85. The van der Waals surface area contributed by atoms with Crippen molar-refractivity contribution in [1.29, 1.82) is 0 Å². The first kappa shape index (κ1) is 14.7. The highest BCUT2D eigenvalue weighted by atomic mass is 35.5. The van der Waals surface area contributed by atoms with Crippen LogP contribution >= 0.6 is 23.2 Å². The molecule has 0 radical (unpaired) electrons. The Balaban J connectivity index is 2.07. The first-order chi connectivity index (χ1) is 8.91. The number of halogens is 2. The Morgan fingerprint density at radius 2 is 1.89 bits per heavy atom. The molecule has 0 bridgehead atoms. The molecule has 19 heavy (non-hydrogen) atoms. The predicted molar refractivity (Wildman–Crippen MR) is 80.5 cm³/mol. The molecule has 0 spiro atoms. The summed E-state index contributed by atoms with van der Waals surface area (Å²) in [5.74, 6) is 1.07. The number of hydrogen-bond donors (Lipinski definition) is 1. The first-order valence-corrected chi connectivity index (χ1v) is 7.37. The fraction of sp³-hybridized carbons (Fsp3) is 0.643. The van der Waals surface area contributed by atoms with Gasteiger partial charge in [0.15, 0.2) is 0 Å². The van der Waals surface area contributed by atoms with Crippen LogP contribution < -0.4 is 10.1 Å². The first-order valence-electron chi connectivity index (χ1n) is 6.62. The number of ether oxygens (including phenoxy) is 1. The Morgan fingerprint density at radius 1 is 1.26 bits per heavy atom. The van der Waals surface area contributed by atoms with Gasteiger partial charge in [0.1, 0.15) is 16.9 Å². The van der Waals surface area contributed by atoms with Crippen molar-refractivity contribution in [2.75, 3.05) is 12.4 Å². The van der Waals surface area contributed by atoms with Crippen LogP contribution in [0.15, 0.2) is 6.07 Å². The zero-order valence-electron chi connectivity index (χ0n) is 11.6. The van der Waals surface area contributed by atoms with Crippen molar-refractivity contribution in [2.24, 2.45) is 5.41 Å². The van der Waals surface area contributed by atoms with E-state index >= 15 is 0 Å². The molecule has 1 fully saturated rings. The highest BCUT2D eigenvalue weighted by Gasteiger charge is 2.28. The zero-order valence-corrected chi connectivity index (χ0v) is 13.1. The normalized spacial score (nSPS) is 19.2. The molecule has 106 valence electrons. The van der Waals surface area contributed by atoms with E-state index in [2.05, 4.69) is 24.1 Å². The second-order valence-corrected chi connectivity index (χ2v) is 6.65. The van der Waals surface area contributed by atoms with Crippen LogP contribution in [0.3, 0.4) is 0 Å². The molecule has 0 aliphatic heterocycles. The number of aromatic nitrogens is 1. The largest absolute Gasteiger partial charge is 0.473 e. The maximum absolute atomic E-state index is 6.13. The second kappa shape index (κ2) is 5.76. The Bertz CT molecular complexity index is 453. The highest BCUT2D eigenvalue weighted by molar-refractivity contribution is 6.36. The van der Waals surface area contributed by atoms with E-state index < -0.39 is 0 Å². The van der Waals surface area contributed by atoms with E-state index in [4.69, 9.17) is 27.9 Å². The number of nitrogens with zero attached hydrogens (tertiary/aromatic N) is 1. The van der Waals surface area contributed by atoms with Crippen molar-refractivity contribution in [1.82, 2.24) is 4.98 Å². The summed E-state index contributed by atoms with van der Waals surface area (Å²) in [7, 11) is 1.77. The van der Waals surface area contributed by atoms with E-state index in [1.165, 1.54) is 12.8 Å². The zero-order chi connectivity index (χ0) is 14.0. The number of hydrogen-bond acceptors (Lipinski definition) is 3. The molecule has 1 aromatic heterocycles. The van der Waals surface area contributed by atoms with Crippen molar-refractivity contribution in [3.63, 3.8) is 0 Å². The Kier molecular flexibility index (Phi) is 4.46. The minimum Gasteiger partial charge on any atom is -0.473 e. The molecule has 1 heterocycles. The van der Waals surface area contributed by atoms with Crippen LogP contribution in [0.1, 0.15) is 39.5 Å². The van der Waals surface area contributed by atoms with E-state index in [0.717, 1.165) is 12.8 Å². The Morgan fingerprint density at radius 3 is 2.47 bits per heavy atom. The summed E-state index contributed by atoms with van der Waals surface area (Å²) >= 11 is 12.2. The van der Waals surface area contributed by atoms with Crippen LogP contribution in [0.4, 0.5) is 5.82 Å². The van der Waals surface area contributed by atoms with Crippen molar-refractivity contribution in [3.8, 4) is 5.88 Å². The van der Waals surface area contributed by atoms with Crippen molar-refractivity contribution < 1.29 is 4.74 Å². The fourth-order valence-electron chi connectivity index (χ4n) is 2.36. The molecule has 1 saturated carbocycles. The topological polar surface area (TPSA) is 34.2 Å². The molecule has 1 aliphatic carbocycles. The molecule has 1 aliphatic rings. The van der Waals surface area contributed by atoms with Crippen LogP contribution in [0.25, 0.3) is 0 Å². The lowest BCUT2D eigenvalue weighted by molar-refractivity contribution is 0.0951. The summed E-state index contributed by atoms with van der Waals surface area (Å²) < 4.78 is 5.94. The van der Waals surface area contributed by atoms with E-state index in [1.807, 2.05) is 0 Å². The van der Waals surface area contributed by atoms with E-state index in [0.29, 0.717) is 27.2 Å². The van der Waals surface area contributed by atoms with Crippen molar-refractivity contribution in [2.45, 2.75) is 45.6 Å². The van der Waals surface area contributed by atoms with Gasteiger partial charge in [0, 0.05) is 7.05 Å². The molecule has 1 N–H and O–H groups in total. The van der Waals surface area contributed by atoms with Crippen LogP contribution in [0.2, 0.25) is 10.0 Å². The molecule has 0 atom stereocenters. The molecule has 0 amide bonds.